The normalized spacial score (nSPS) is 10.6. The Labute approximate surface area is 115 Å². The monoisotopic (exact) mass is 265 g/mol. The van der Waals surface area contributed by atoms with Crippen molar-refractivity contribution in [1.29, 1.82) is 5.26 Å². The molecule has 98 valence electrons. The molecule has 2 aromatic carbocycles. The number of hydrogen-bond donors (Lipinski definition) is 0. The van der Waals surface area contributed by atoms with Crippen LogP contribution in [0.5, 0.6) is 0 Å². The third-order valence-corrected chi connectivity index (χ3v) is 3.18. The van der Waals surface area contributed by atoms with E-state index < -0.39 is 0 Å². The van der Waals surface area contributed by atoms with Gasteiger partial charge in [0.1, 0.15) is 11.6 Å². The van der Waals surface area contributed by atoms with E-state index >= 15 is 0 Å². The van der Waals surface area contributed by atoms with Crippen molar-refractivity contribution in [1.82, 2.24) is 9.55 Å². The van der Waals surface area contributed by atoms with Crippen LogP contribution < -0.4 is 0 Å². The van der Waals surface area contributed by atoms with Crippen LogP contribution in [-0.4, -0.2) is 9.55 Å². The molecule has 0 bridgehead atoms. The molecule has 0 atom stereocenters. The molecule has 0 spiro atoms. The molecule has 0 N–H and O–H groups in total. The Morgan fingerprint density at radius 1 is 1.15 bits per heavy atom. The van der Waals surface area contributed by atoms with Crippen molar-refractivity contribution in [3.05, 3.63) is 54.3 Å². The number of aryl methyl sites for hydroxylation is 1. The average molecular weight is 265 g/mol. The smallest absolute Gasteiger partial charge is 0.141 e. The lowest BCUT2D eigenvalue weighted by Gasteiger charge is -2.07. The standard InChI is InChI=1S/C16H12FN3/c17-13-6-3-5-12(11-13)16-19-14-7-1-2-8-15(14)20(16)10-4-9-18/h1-3,5-8,11H,4,10H2. The van der Waals surface area contributed by atoms with E-state index in [0.29, 0.717) is 18.8 Å². The van der Waals surface area contributed by atoms with Crippen LogP contribution in [0.2, 0.25) is 0 Å². The topological polar surface area (TPSA) is 41.6 Å². The first-order valence-electron chi connectivity index (χ1n) is 6.38. The van der Waals surface area contributed by atoms with Crippen LogP contribution in [0.4, 0.5) is 4.39 Å². The van der Waals surface area contributed by atoms with E-state index in [2.05, 4.69) is 11.1 Å². The van der Waals surface area contributed by atoms with Crippen LogP contribution in [0.3, 0.4) is 0 Å². The molecule has 3 rings (SSSR count). The number of nitrogens with zero attached hydrogens (tertiary/aromatic N) is 3. The van der Waals surface area contributed by atoms with E-state index in [1.54, 1.807) is 6.07 Å². The van der Waals surface area contributed by atoms with Gasteiger partial charge in [0.25, 0.3) is 0 Å². The number of rotatable bonds is 3. The summed E-state index contributed by atoms with van der Waals surface area (Å²) in [6, 6.07) is 16.2. The summed E-state index contributed by atoms with van der Waals surface area (Å²) in [4.78, 5) is 4.56. The zero-order valence-electron chi connectivity index (χ0n) is 10.8. The van der Waals surface area contributed by atoms with Gasteiger partial charge in [0, 0.05) is 12.1 Å². The summed E-state index contributed by atoms with van der Waals surface area (Å²) in [7, 11) is 0. The van der Waals surface area contributed by atoms with Gasteiger partial charge in [-0.1, -0.05) is 24.3 Å². The molecular formula is C16H12FN3. The Balaban J connectivity index is 2.21. The Morgan fingerprint density at radius 3 is 2.80 bits per heavy atom. The van der Waals surface area contributed by atoms with Gasteiger partial charge in [-0.15, -0.1) is 0 Å². The van der Waals surface area contributed by atoms with E-state index in [4.69, 9.17) is 5.26 Å². The number of imidazole rings is 1. The summed E-state index contributed by atoms with van der Waals surface area (Å²) >= 11 is 0. The number of fused-ring (bicyclic) bond motifs is 1. The molecule has 0 amide bonds. The zero-order chi connectivity index (χ0) is 13.9. The minimum atomic E-state index is -0.290. The van der Waals surface area contributed by atoms with Gasteiger partial charge in [0.05, 0.1) is 23.5 Å². The highest BCUT2D eigenvalue weighted by Crippen LogP contribution is 2.25. The Kier molecular flexibility index (Phi) is 3.18. The average Bonchev–Trinajstić information content (AvgIpc) is 2.84. The van der Waals surface area contributed by atoms with Crippen molar-refractivity contribution < 1.29 is 4.39 Å². The summed E-state index contributed by atoms with van der Waals surface area (Å²) in [5.74, 6) is 0.405. The first kappa shape index (κ1) is 12.4. The van der Waals surface area contributed by atoms with Crippen molar-refractivity contribution in [2.75, 3.05) is 0 Å². The van der Waals surface area contributed by atoms with Crippen molar-refractivity contribution in [2.45, 2.75) is 13.0 Å². The number of aromatic nitrogens is 2. The SMILES string of the molecule is N#CCCn1c(-c2cccc(F)c2)nc2ccccc21. The number of nitriles is 1. The van der Waals surface area contributed by atoms with E-state index in [1.807, 2.05) is 34.9 Å². The third-order valence-electron chi connectivity index (χ3n) is 3.18. The second-order valence-electron chi connectivity index (χ2n) is 4.49. The van der Waals surface area contributed by atoms with Gasteiger partial charge in [0.2, 0.25) is 0 Å². The summed E-state index contributed by atoms with van der Waals surface area (Å²) < 4.78 is 15.4. The van der Waals surface area contributed by atoms with Crippen molar-refractivity contribution in [2.24, 2.45) is 0 Å². The summed E-state index contributed by atoms with van der Waals surface area (Å²) in [6.45, 7) is 0.545. The lowest BCUT2D eigenvalue weighted by Crippen LogP contribution is -2.00. The van der Waals surface area contributed by atoms with E-state index in [-0.39, 0.29) is 5.82 Å². The minimum Gasteiger partial charge on any atom is -0.323 e. The fraction of sp³-hybridized carbons (Fsp3) is 0.125. The quantitative estimate of drug-likeness (QED) is 0.723. The molecule has 0 saturated carbocycles. The van der Waals surface area contributed by atoms with Crippen molar-refractivity contribution >= 4 is 11.0 Å². The molecule has 0 aliphatic rings. The highest BCUT2D eigenvalue weighted by molar-refractivity contribution is 5.80. The molecule has 0 radical (unpaired) electrons. The molecule has 3 nitrogen and oxygen atoms in total. The van der Waals surface area contributed by atoms with Crippen LogP contribution in [0.15, 0.2) is 48.5 Å². The van der Waals surface area contributed by atoms with E-state index in [9.17, 15) is 4.39 Å². The number of para-hydroxylation sites is 2. The lowest BCUT2D eigenvalue weighted by molar-refractivity contribution is 0.628. The fourth-order valence-electron chi connectivity index (χ4n) is 2.31. The molecule has 1 heterocycles. The highest BCUT2D eigenvalue weighted by atomic mass is 19.1. The predicted molar refractivity (Wildman–Crippen MR) is 75.4 cm³/mol. The molecule has 20 heavy (non-hydrogen) atoms. The van der Waals surface area contributed by atoms with Crippen molar-refractivity contribution in [3.63, 3.8) is 0 Å². The lowest BCUT2D eigenvalue weighted by atomic mass is 10.2. The number of hydrogen-bond acceptors (Lipinski definition) is 2. The molecular weight excluding hydrogens is 253 g/mol. The first-order chi connectivity index (χ1) is 9.79. The van der Waals surface area contributed by atoms with Crippen LogP contribution in [0.1, 0.15) is 6.42 Å². The molecule has 0 aliphatic carbocycles. The Morgan fingerprint density at radius 2 is 2.00 bits per heavy atom. The summed E-state index contributed by atoms with van der Waals surface area (Å²) in [6.07, 6.45) is 0.392. The molecule has 3 aromatic rings. The van der Waals surface area contributed by atoms with Crippen LogP contribution in [-0.2, 0) is 6.54 Å². The second kappa shape index (κ2) is 5.14. The maximum atomic E-state index is 13.4. The van der Waals surface area contributed by atoms with E-state index in [0.717, 1.165) is 16.6 Å². The fourth-order valence-corrected chi connectivity index (χ4v) is 2.31. The van der Waals surface area contributed by atoms with Gasteiger partial charge in [0.15, 0.2) is 0 Å². The van der Waals surface area contributed by atoms with E-state index in [1.165, 1.54) is 12.1 Å². The molecule has 0 fully saturated rings. The van der Waals surface area contributed by atoms with Gasteiger partial charge in [-0.2, -0.15) is 5.26 Å². The maximum absolute atomic E-state index is 13.4. The van der Waals surface area contributed by atoms with Gasteiger partial charge < -0.3 is 4.57 Å². The molecule has 0 saturated heterocycles. The third kappa shape index (κ3) is 2.14. The zero-order valence-corrected chi connectivity index (χ0v) is 10.8. The van der Waals surface area contributed by atoms with Gasteiger partial charge in [-0.3, -0.25) is 0 Å². The summed E-state index contributed by atoms with van der Waals surface area (Å²) in [5.41, 5.74) is 2.53. The van der Waals surface area contributed by atoms with Gasteiger partial charge in [-0.25, -0.2) is 9.37 Å². The second-order valence-corrected chi connectivity index (χ2v) is 4.49. The minimum absolute atomic E-state index is 0.290. The molecule has 0 unspecified atom stereocenters. The summed E-state index contributed by atoms with van der Waals surface area (Å²) in [5, 5.41) is 8.80. The van der Waals surface area contributed by atoms with Gasteiger partial charge >= 0.3 is 0 Å². The molecule has 4 heteroatoms. The number of halogens is 1. The molecule has 1 aromatic heterocycles. The first-order valence-corrected chi connectivity index (χ1v) is 6.38. The van der Waals surface area contributed by atoms with Crippen molar-refractivity contribution in [3.8, 4) is 17.5 Å². The maximum Gasteiger partial charge on any atom is 0.141 e. The van der Waals surface area contributed by atoms with Crippen LogP contribution >= 0.6 is 0 Å². The predicted octanol–water partition coefficient (Wildman–Crippen LogP) is 3.76. The highest BCUT2D eigenvalue weighted by Gasteiger charge is 2.12. The van der Waals surface area contributed by atoms with Crippen LogP contribution in [0.25, 0.3) is 22.4 Å². The number of benzene rings is 2. The molecule has 0 aliphatic heterocycles. The van der Waals surface area contributed by atoms with Crippen LogP contribution in [0, 0.1) is 17.1 Å². The largest absolute Gasteiger partial charge is 0.323 e. The Bertz CT molecular complexity index is 799. The van der Waals surface area contributed by atoms with Gasteiger partial charge in [-0.05, 0) is 24.3 Å². The Hall–Kier alpha value is -2.67.